The van der Waals surface area contributed by atoms with E-state index in [0.29, 0.717) is 17.4 Å². The number of ether oxygens (including phenoxy) is 1. The highest BCUT2D eigenvalue weighted by molar-refractivity contribution is 7.92. The quantitative estimate of drug-likeness (QED) is 0.673. The van der Waals surface area contributed by atoms with Crippen LogP contribution in [0, 0.1) is 5.92 Å². The standard InChI is InChI=1S/C21H29N3O5S2/c1-16-11-13-24(14-12-16)21-15-17(29-4)5-10-20(21)22-30(25,26)18-6-8-19(9-7-18)31(27,28)23(2)3/h5-10,15-16,22H,11-14H2,1-4H3. The molecule has 0 radical (unpaired) electrons. The van der Waals surface area contributed by atoms with E-state index >= 15 is 0 Å². The summed E-state index contributed by atoms with van der Waals surface area (Å²) >= 11 is 0. The molecule has 1 saturated heterocycles. The van der Waals surface area contributed by atoms with Gasteiger partial charge in [0.1, 0.15) is 5.75 Å². The van der Waals surface area contributed by atoms with Crippen molar-refractivity contribution in [3.8, 4) is 5.75 Å². The van der Waals surface area contributed by atoms with Crippen molar-refractivity contribution in [2.24, 2.45) is 5.92 Å². The first-order chi connectivity index (χ1) is 14.5. The van der Waals surface area contributed by atoms with Gasteiger partial charge in [0.05, 0.1) is 28.3 Å². The zero-order valence-corrected chi connectivity index (χ0v) is 19.8. The largest absolute Gasteiger partial charge is 0.497 e. The Morgan fingerprint density at radius 3 is 2.10 bits per heavy atom. The van der Waals surface area contributed by atoms with Crippen LogP contribution in [0.4, 0.5) is 11.4 Å². The molecule has 1 aliphatic rings. The van der Waals surface area contributed by atoms with Crippen molar-refractivity contribution >= 4 is 31.4 Å². The molecule has 2 aromatic rings. The molecular weight excluding hydrogens is 438 g/mol. The van der Waals surface area contributed by atoms with E-state index < -0.39 is 20.0 Å². The van der Waals surface area contributed by atoms with E-state index in [4.69, 9.17) is 4.74 Å². The van der Waals surface area contributed by atoms with E-state index in [9.17, 15) is 16.8 Å². The first kappa shape index (κ1) is 23.4. The molecule has 0 unspecified atom stereocenters. The van der Waals surface area contributed by atoms with Crippen LogP contribution in [0.2, 0.25) is 0 Å². The number of benzene rings is 2. The Morgan fingerprint density at radius 1 is 0.968 bits per heavy atom. The van der Waals surface area contributed by atoms with Gasteiger partial charge in [-0.25, -0.2) is 21.1 Å². The molecule has 0 bridgehead atoms. The van der Waals surface area contributed by atoms with Crippen molar-refractivity contribution in [3.63, 3.8) is 0 Å². The average molecular weight is 468 g/mol. The molecule has 0 saturated carbocycles. The summed E-state index contributed by atoms with van der Waals surface area (Å²) in [5.74, 6) is 1.29. The van der Waals surface area contributed by atoms with Crippen LogP contribution in [0.15, 0.2) is 52.3 Å². The van der Waals surface area contributed by atoms with Crippen LogP contribution < -0.4 is 14.4 Å². The van der Waals surface area contributed by atoms with Gasteiger partial charge in [-0.15, -0.1) is 0 Å². The number of rotatable bonds is 7. The maximum absolute atomic E-state index is 13.0. The molecule has 10 heteroatoms. The van der Waals surface area contributed by atoms with Gasteiger partial charge < -0.3 is 9.64 Å². The number of nitrogens with zero attached hydrogens (tertiary/aromatic N) is 2. The molecule has 1 aliphatic heterocycles. The average Bonchev–Trinajstić information content (AvgIpc) is 2.74. The minimum Gasteiger partial charge on any atom is -0.497 e. The maximum atomic E-state index is 13.0. The van der Waals surface area contributed by atoms with E-state index in [1.807, 2.05) is 6.07 Å². The summed E-state index contributed by atoms with van der Waals surface area (Å²) in [7, 11) is -3.12. The van der Waals surface area contributed by atoms with Crippen LogP contribution in [-0.2, 0) is 20.0 Å². The molecule has 8 nitrogen and oxygen atoms in total. The van der Waals surface area contributed by atoms with Gasteiger partial charge in [-0.05, 0) is 55.2 Å². The van der Waals surface area contributed by atoms with E-state index in [-0.39, 0.29) is 9.79 Å². The Labute approximate surface area is 184 Å². The first-order valence-electron chi connectivity index (χ1n) is 10.0. The summed E-state index contributed by atoms with van der Waals surface area (Å²) in [6, 6.07) is 10.4. The zero-order chi connectivity index (χ0) is 22.8. The van der Waals surface area contributed by atoms with Crippen molar-refractivity contribution in [3.05, 3.63) is 42.5 Å². The SMILES string of the molecule is COc1ccc(NS(=O)(=O)c2ccc(S(=O)(=O)N(C)C)cc2)c(N2CCC(C)CC2)c1. The summed E-state index contributed by atoms with van der Waals surface area (Å²) in [6.07, 6.45) is 2.07. The summed E-state index contributed by atoms with van der Waals surface area (Å²) in [6.45, 7) is 3.88. The lowest BCUT2D eigenvalue weighted by Crippen LogP contribution is -2.33. The number of hydrogen-bond acceptors (Lipinski definition) is 6. The number of methoxy groups -OCH3 is 1. The van der Waals surface area contributed by atoms with Gasteiger partial charge in [-0.1, -0.05) is 6.92 Å². The molecular formula is C21H29N3O5S2. The Hall–Kier alpha value is -2.30. The van der Waals surface area contributed by atoms with E-state index in [2.05, 4.69) is 16.5 Å². The molecule has 0 aromatic heterocycles. The monoisotopic (exact) mass is 467 g/mol. The van der Waals surface area contributed by atoms with Crippen LogP contribution in [-0.4, -0.2) is 55.4 Å². The fourth-order valence-corrected chi connectivity index (χ4v) is 5.42. The van der Waals surface area contributed by atoms with Crippen LogP contribution in [0.25, 0.3) is 0 Å². The second-order valence-electron chi connectivity index (χ2n) is 7.92. The van der Waals surface area contributed by atoms with Crippen molar-refractivity contribution in [1.29, 1.82) is 0 Å². The van der Waals surface area contributed by atoms with E-state index in [0.717, 1.165) is 35.9 Å². The van der Waals surface area contributed by atoms with Crippen molar-refractivity contribution in [1.82, 2.24) is 4.31 Å². The lowest BCUT2D eigenvalue weighted by Gasteiger charge is -2.33. The number of piperidine rings is 1. The predicted molar refractivity (Wildman–Crippen MR) is 122 cm³/mol. The van der Waals surface area contributed by atoms with Gasteiger partial charge in [0, 0.05) is 33.3 Å². The smallest absolute Gasteiger partial charge is 0.261 e. The lowest BCUT2D eigenvalue weighted by molar-refractivity contribution is 0.413. The van der Waals surface area contributed by atoms with Crippen molar-refractivity contribution in [2.75, 3.05) is 43.9 Å². The maximum Gasteiger partial charge on any atom is 0.261 e. The molecule has 0 amide bonds. The van der Waals surface area contributed by atoms with Gasteiger partial charge in [-0.3, -0.25) is 4.72 Å². The van der Waals surface area contributed by atoms with Crippen LogP contribution >= 0.6 is 0 Å². The Kier molecular flexibility index (Phi) is 6.82. The fourth-order valence-electron chi connectivity index (χ4n) is 3.44. The van der Waals surface area contributed by atoms with Crippen LogP contribution in [0.3, 0.4) is 0 Å². The third-order valence-corrected chi connectivity index (χ3v) is 8.70. The molecule has 1 heterocycles. The Morgan fingerprint density at radius 2 is 1.55 bits per heavy atom. The van der Waals surface area contributed by atoms with E-state index in [1.165, 1.54) is 38.4 Å². The van der Waals surface area contributed by atoms with Crippen molar-refractivity contribution in [2.45, 2.75) is 29.6 Å². The summed E-state index contributed by atoms with van der Waals surface area (Å²) in [4.78, 5) is 2.18. The minimum atomic E-state index is -3.91. The topological polar surface area (TPSA) is 96.0 Å². The molecule has 0 spiro atoms. The molecule has 0 aliphatic carbocycles. The lowest BCUT2D eigenvalue weighted by atomic mass is 9.98. The highest BCUT2D eigenvalue weighted by Gasteiger charge is 2.23. The number of sulfonamides is 2. The van der Waals surface area contributed by atoms with Gasteiger partial charge in [-0.2, -0.15) is 0 Å². The molecule has 31 heavy (non-hydrogen) atoms. The van der Waals surface area contributed by atoms with Gasteiger partial charge in [0.25, 0.3) is 10.0 Å². The van der Waals surface area contributed by atoms with Gasteiger partial charge >= 0.3 is 0 Å². The molecule has 2 aromatic carbocycles. The third-order valence-electron chi connectivity index (χ3n) is 5.49. The highest BCUT2D eigenvalue weighted by Crippen LogP contribution is 2.34. The third kappa shape index (κ3) is 5.13. The molecule has 170 valence electrons. The number of hydrogen-bond donors (Lipinski definition) is 1. The van der Waals surface area contributed by atoms with Gasteiger partial charge in [0.15, 0.2) is 0 Å². The van der Waals surface area contributed by atoms with Crippen LogP contribution in [0.1, 0.15) is 19.8 Å². The minimum absolute atomic E-state index is 0.0146. The fraction of sp³-hybridized carbons (Fsp3) is 0.429. The number of nitrogens with one attached hydrogen (secondary N) is 1. The summed E-state index contributed by atoms with van der Waals surface area (Å²) in [5.41, 5.74) is 1.22. The Balaban J connectivity index is 1.91. The number of anilines is 2. The molecule has 0 atom stereocenters. The van der Waals surface area contributed by atoms with E-state index in [1.54, 1.807) is 19.2 Å². The molecule has 3 rings (SSSR count). The summed E-state index contributed by atoms with van der Waals surface area (Å²) in [5, 5.41) is 0. The van der Waals surface area contributed by atoms with Gasteiger partial charge in [0.2, 0.25) is 10.0 Å². The predicted octanol–water partition coefficient (Wildman–Crippen LogP) is 2.98. The highest BCUT2D eigenvalue weighted by atomic mass is 32.2. The van der Waals surface area contributed by atoms with Crippen molar-refractivity contribution < 1.29 is 21.6 Å². The zero-order valence-electron chi connectivity index (χ0n) is 18.2. The second kappa shape index (κ2) is 9.05. The molecule has 1 fully saturated rings. The molecule has 1 N–H and O–H groups in total. The second-order valence-corrected chi connectivity index (χ2v) is 11.8. The van der Waals surface area contributed by atoms with Crippen LogP contribution in [0.5, 0.6) is 5.75 Å². The normalized spacial score (nSPS) is 15.8. The summed E-state index contributed by atoms with van der Waals surface area (Å²) < 4.78 is 59.6. The Bertz CT molecular complexity index is 1120. The first-order valence-corrected chi connectivity index (χ1v) is 13.0.